The Morgan fingerprint density at radius 1 is 1.19 bits per heavy atom. The number of anilines is 1. The van der Waals surface area contributed by atoms with E-state index >= 15 is 0 Å². The standard InChI is InChI=1S/C17H16FNO2/c1-2-21-16-10-6-5-9-15(16)19-17(20)12-11-13-7-3-4-8-14(13)18/h3-12H,2H2,1H3,(H,19,20)/b12-11+. The van der Waals surface area contributed by atoms with E-state index in [0.29, 0.717) is 23.6 Å². The molecule has 2 aromatic carbocycles. The maximum absolute atomic E-state index is 13.4. The van der Waals surface area contributed by atoms with Crippen molar-refractivity contribution >= 4 is 17.7 Å². The Morgan fingerprint density at radius 3 is 2.67 bits per heavy atom. The molecule has 0 aliphatic heterocycles. The van der Waals surface area contributed by atoms with E-state index in [2.05, 4.69) is 5.32 Å². The quantitative estimate of drug-likeness (QED) is 0.847. The van der Waals surface area contributed by atoms with Gasteiger partial charge in [0.2, 0.25) is 5.91 Å². The molecule has 2 aromatic rings. The van der Waals surface area contributed by atoms with E-state index in [9.17, 15) is 9.18 Å². The highest BCUT2D eigenvalue weighted by Crippen LogP contribution is 2.23. The Kier molecular flexibility index (Phi) is 5.10. The maximum Gasteiger partial charge on any atom is 0.248 e. The molecule has 0 atom stereocenters. The molecule has 0 aromatic heterocycles. The average molecular weight is 285 g/mol. The Labute approximate surface area is 123 Å². The van der Waals surface area contributed by atoms with Gasteiger partial charge >= 0.3 is 0 Å². The zero-order chi connectivity index (χ0) is 15.1. The largest absolute Gasteiger partial charge is 0.492 e. The predicted molar refractivity (Wildman–Crippen MR) is 81.7 cm³/mol. The molecule has 0 unspecified atom stereocenters. The van der Waals surface area contributed by atoms with Crippen LogP contribution in [-0.4, -0.2) is 12.5 Å². The SMILES string of the molecule is CCOc1ccccc1NC(=O)/C=C/c1ccccc1F. The van der Waals surface area contributed by atoms with Crippen molar-refractivity contribution in [1.82, 2.24) is 0 Å². The number of nitrogens with one attached hydrogen (secondary N) is 1. The van der Waals surface area contributed by atoms with Crippen molar-refractivity contribution in [2.75, 3.05) is 11.9 Å². The van der Waals surface area contributed by atoms with Gasteiger partial charge in [0.05, 0.1) is 12.3 Å². The van der Waals surface area contributed by atoms with Crippen LogP contribution in [0.2, 0.25) is 0 Å². The number of rotatable bonds is 5. The Hall–Kier alpha value is -2.62. The predicted octanol–water partition coefficient (Wildman–Crippen LogP) is 3.88. The molecule has 2 rings (SSSR count). The number of carbonyl (C=O) groups excluding carboxylic acids is 1. The van der Waals surface area contributed by atoms with E-state index in [1.54, 1.807) is 36.4 Å². The number of halogens is 1. The van der Waals surface area contributed by atoms with Crippen molar-refractivity contribution in [2.45, 2.75) is 6.92 Å². The van der Waals surface area contributed by atoms with E-state index in [4.69, 9.17) is 4.74 Å². The third-order valence-corrected chi connectivity index (χ3v) is 2.76. The van der Waals surface area contributed by atoms with Crippen molar-refractivity contribution in [2.24, 2.45) is 0 Å². The van der Waals surface area contributed by atoms with Gasteiger partial charge in [-0.3, -0.25) is 4.79 Å². The van der Waals surface area contributed by atoms with Crippen molar-refractivity contribution in [3.8, 4) is 5.75 Å². The summed E-state index contributed by atoms with van der Waals surface area (Å²) in [6.07, 6.45) is 2.73. The Morgan fingerprint density at radius 2 is 1.90 bits per heavy atom. The lowest BCUT2D eigenvalue weighted by Crippen LogP contribution is -2.09. The first kappa shape index (κ1) is 14.8. The summed E-state index contributed by atoms with van der Waals surface area (Å²) in [5.41, 5.74) is 0.952. The molecule has 0 spiro atoms. The second kappa shape index (κ2) is 7.24. The van der Waals surface area contributed by atoms with Gasteiger partial charge in [0.25, 0.3) is 0 Å². The fraction of sp³-hybridized carbons (Fsp3) is 0.118. The molecule has 0 bridgehead atoms. The minimum absolute atomic E-state index is 0.342. The maximum atomic E-state index is 13.4. The summed E-state index contributed by atoms with van der Waals surface area (Å²) in [4.78, 5) is 11.9. The van der Waals surface area contributed by atoms with Crippen LogP contribution < -0.4 is 10.1 Å². The topological polar surface area (TPSA) is 38.3 Å². The highest BCUT2D eigenvalue weighted by Gasteiger charge is 2.05. The fourth-order valence-corrected chi connectivity index (χ4v) is 1.80. The van der Waals surface area contributed by atoms with Crippen LogP contribution in [-0.2, 0) is 4.79 Å². The van der Waals surface area contributed by atoms with Gasteiger partial charge in [0.1, 0.15) is 11.6 Å². The molecule has 0 aliphatic rings. The van der Waals surface area contributed by atoms with Gasteiger partial charge in [-0.05, 0) is 31.2 Å². The smallest absolute Gasteiger partial charge is 0.248 e. The summed E-state index contributed by atoms with van der Waals surface area (Å²) >= 11 is 0. The first-order chi connectivity index (χ1) is 10.2. The fourth-order valence-electron chi connectivity index (χ4n) is 1.80. The molecule has 0 heterocycles. The van der Waals surface area contributed by atoms with Gasteiger partial charge < -0.3 is 10.1 Å². The molecule has 0 saturated heterocycles. The lowest BCUT2D eigenvalue weighted by molar-refractivity contribution is -0.111. The van der Waals surface area contributed by atoms with E-state index in [1.807, 2.05) is 13.0 Å². The van der Waals surface area contributed by atoms with Gasteiger partial charge in [-0.25, -0.2) is 4.39 Å². The molecule has 0 radical (unpaired) electrons. The number of amides is 1. The van der Waals surface area contributed by atoms with Crippen LogP contribution in [0.1, 0.15) is 12.5 Å². The van der Waals surface area contributed by atoms with E-state index in [-0.39, 0.29) is 11.7 Å². The monoisotopic (exact) mass is 285 g/mol. The lowest BCUT2D eigenvalue weighted by Gasteiger charge is -2.09. The molecule has 3 nitrogen and oxygen atoms in total. The van der Waals surface area contributed by atoms with Crippen LogP contribution in [0.25, 0.3) is 6.08 Å². The minimum atomic E-state index is -0.365. The van der Waals surface area contributed by atoms with Crippen molar-refractivity contribution in [3.05, 3.63) is 66.0 Å². The number of carbonyl (C=O) groups is 1. The molecule has 1 amide bonds. The van der Waals surface area contributed by atoms with E-state index in [0.717, 1.165) is 0 Å². The first-order valence-electron chi connectivity index (χ1n) is 6.66. The van der Waals surface area contributed by atoms with Gasteiger partial charge in [0.15, 0.2) is 0 Å². The number of benzene rings is 2. The highest BCUT2D eigenvalue weighted by atomic mass is 19.1. The van der Waals surface area contributed by atoms with Gasteiger partial charge in [0, 0.05) is 11.6 Å². The second-order valence-corrected chi connectivity index (χ2v) is 4.27. The number of hydrogen-bond acceptors (Lipinski definition) is 2. The average Bonchev–Trinajstić information content (AvgIpc) is 2.49. The number of hydrogen-bond donors (Lipinski definition) is 1. The summed E-state index contributed by atoms with van der Waals surface area (Å²) in [7, 11) is 0. The van der Waals surface area contributed by atoms with Gasteiger partial charge in [-0.15, -0.1) is 0 Å². The third-order valence-electron chi connectivity index (χ3n) is 2.76. The molecular weight excluding hydrogens is 269 g/mol. The molecular formula is C17H16FNO2. The lowest BCUT2D eigenvalue weighted by atomic mass is 10.2. The Bertz CT molecular complexity index is 653. The summed E-state index contributed by atoms with van der Waals surface area (Å²) in [5.74, 6) is -0.102. The molecule has 1 N–H and O–H groups in total. The van der Waals surface area contributed by atoms with Crippen LogP contribution in [0.15, 0.2) is 54.6 Å². The summed E-state index contributed by atoms with van der Waals surface area (Å²) in [5, 5.41) is 2.71. The van der Waals surface area contributed by atoms with Crippen LogP contribution >= 0.6 is 0 Å². The van der Waals surface area contributed by atoms with Crippen LogP contribution in [0.3, 0.4) is 0 Å². The Balaban J connectivity index is 2.07. The molecule has 0 aliphatic carbocycles. The number of ether oxygens (including phenoxy) is 1. The molecule has 0 saturated carbocycles. The second-order valence-electron chi connectivity index (χ2n) is 4.27. The summed E-state index contributed by atoms with van der Waals surface area (Å²) in [6, 6.07) is 13.4. The van der Waals surface area contributed by atoms with Crippen LogP contribution in [0.5, 0.6) is 5.75 Å². The summed E-state index contributed by atoms with van der Waals surface area (Å²) in [6.45, 7) is 2.38. The molecule has 4 heteroatoms. The minimum Gasteiger partial charge on any atom is -0.492 e. The van der Waals surface area contributed by atoms with Crippen LogP contribution in [0, 0.1) is 5.82 Å². The van der Waals surface area contributed by atoms with Crippen molar-refractivity contribution in [3.63, 3.8) is 0 Å². The van der Waals surface area contributed by atoms with Crippen molar-refractivity contribution < 1.29 is 13.9 Å². The first-order valence-corrected chi connectivity index (χ1v) is 6.66. The van der Waals surface area contributed by atoms with E-state index < -0.39 is 0 Å². The molecule has 21 heavy (non-hydrogen) atoms. The van der Waals surface area contributed by atoms with Crippen molar-refractivity contribution in [1.29, 1.82) is 0 Å². The van der Waals surface area contributed by atoms with Gasteiger partial charge in [-0.2, -0.15) is 0 Å². The van der Waals surface area contributed by atoms with E-state index in [1.165, 1.54) is 18.2 Å². The number of para-hydroxylation sites is 2. The van der Waals surface area contributed by atoms with Gasteiger partial charge in [-0.1, -0.05) is 30.3 Å². The summed E-state index contributed by atoms with van der Waals surface area (Å²) < 4.78 is 18.8. The molecule has 108 valence electrons. The molecule has 0 fully saturated rings. The third kappa shape index (κ3) is 4.18. The van der Waals surface area contributed by atoms with Crippen LogP contribution in [0.4, 0.5) is 10.1 Å². The highest BCUT2D eigenvalue weighted by molar-refractivity contribution is 6.02. The zero-order valence-corrected chi connectivity index (χ0v) is 11.7. The normalized spacial score (nSPS) is 10.6. The zero-order valence-electron chi connectivity index (χ0n) is 11.7.